The lowest BCUT2D eigenvalue weighted by atomic mass is 10.0. The number of carbonyl (C=O) groups excluding carboxylic acids is 1. The van der Waals surface area contributed by atoms with Crippen molar-refractivity contribution in [1.82, 2.24) is 15.0 Å². The Morgan fingerprint density at radius 3 is 3.07 bits per heavy atom. The number of halogens is 1. The number of rotatable bonds is 6. The first-order chi connectivity index (χ1) is 13.4. The van der Waals surface area contributed by atoms with E-state index >= 15 is 0 Å². The van der Waals surface area contributed by atoms with Crippen molar-refractivity contribution in [2.24, 2.45) is 5.84 Å². The van der Waals surface area contributed by atoms with Crippen molar-refractivity contribution >= 4 is 50.3 Å². The smallest absolute Gasteiger partial charge is 0.421 e. The highest BCUT2D eigenvalue weighted by molar-refractivity contribution is 9.10. The molecule has 1 aliphatic heterocycles. The molecule has 0 saturated carbocycles. The van der Waals surface area contributed by atoms with Crippen LogP contribution >= 0.6 is 15.9 Å². The number of aromatic nitrogens is 2. The van der Waals surface area contributed by atoms with E-state index in [1.165, 1.54) is 0 Å². The van der Waals surface area contributed by atoms with Gasteiger partial charge in [0.25, 0.3) is 0 Å². The second-order valence-electron chi connectivity index (χ2n) is 6.60. The van der Waals surface area contributed by atoms with E-state index in [2.05, 4.69) is 36.1 Å². The van der Waals surface area contributed by atoms with E-state index in [1.807, 2.05) is 0 Å². The average Bonchev–Trinajstić information content (AvgIpc) is 3.08. The third-order valence-corrected chi connectivity index (χ3v) is 5.34. The number of nitrogens with one attached hydrogen (secondary N) is 2. The van der Waals surface area contributed by atoms with Gasteiger partial charge in [0.05, 0.1) is 40.3 Å². The van der Waals surface area contributed by atoms with Crippen molar-refractivity contribution in [2.45, 2.75) is 25.3 Å². The van der Waals surface area contributed by atoms with Crippen molar-refractivity contribution in [3.05, 3.63) is 16.9 Å². The van der Waals surface area contributed by atoms with Crippen LogP contribution in [0.25, 0.3) is 11.0 Å². The standard InChI is InChI=1S/C17H23BrN6O4/c1-28-6-4-13(25)22-12-8-21-16-14(12)15(11(18)7-20-16)23-5-2-3-10(9-23)24(19)17(26)27/h7-8,10H,2-6,9,19H2,1H3,(H,20,21)(H,22,25)(H,26,27)/t10-/m1/s1. The van der Waals surface area contributed by atoms with Crippen LogP contribution in [0.4, 0.5) is 16.2 Å². The summed E-state index contributed by atoms with van der Waals surface area (Å²) in [4.78, 5) is 32.9. The normalized spacial score (nSPS) is 17.0. The van der Waals surface area contributed by atoms with E-state index in [0.29, 0.717) is 30.9 Å². The van der Waals surface area contributed by atoms with Gasteiger partial charge in [-0.1, -0.05) is 0 Å². The molecule has 0 unspecified atom stereocenters. The zero-order valence-corrected chi connectivity index (χ0v) is 17.0. The Hall–Kier alpha value is -2.37. The lowest BCUT2D eigenvalue weighted by molar-refractivity contribution is -0.117. The number of carbonyl (C=O) groups is 2. The van der Waals surface area contributed by atoms with Crippen molar-refractivity contribution < 1.29 is 19.4 Å². The Morgan fingerprint density at radius 2 is 2.36 bits per heavy atom. The summed E-state index contributed by atoms with van der Waals surface area (Å²) in [5.74, 6) is 5.55. The van der Waals surface area contributed by atoms with Crippen molar-refractivity contribution in [1.29, 1.82) is 0 Å². The van der Waals surface area contributed by atoms with E-state index < -0.39 is 6.09 Å². The fourth-order valence-corrected chi connectivity index (χ4v) is 3.96. The molecule has 2 aromatic heterocycles. The molecule has 152 valence electrons. The van der Waals surface area contributed by atoms with Crippen LogP contribution in [0.2, 0.25) is 0 Å². The minimum absolute atomic E-state index is 0.163. The van der Waals surface area contributed by atoms with Gasteiger partial charge in [0.2, 0.25) is 5.91 Å². The highest BCUT2D eigenvalue weighted by Crippen LogP contribution is 2.39. The molecule has 28 heavy (non-hydrogen) atoms. The third kappa shape index (κ3) is 4.21. The molecule has 0 spiro atoms. The van der Waals surface area contributed by atoms with E-state index in [9.17, 15) is 14.7 Å². The Morgan fingerprint density at radius 1 is 1.57 bits per heavy atom. The topological polar surface area (TPSA) is 137 Å². The summed E-state index contributed by atoms with van der Waals surface area (Å²) < 4.78 is 5.71. The van der Waals surface area contributed by atoms with Crippen LogP contribution in [-0.2, 0) is 9.53 Å². The van der Waals surface area contributed by atoms with Gasteiger partial charge in [-0.25, -0.2) is 20.6 Å². The number of methoxy groups -OCH3 is 1. The van der Waals surface area contributed by atoms with Crippen molar-refractivity contribution in [3.8, 4) is 0 Å². The molecule has 1 aliphatic rings. The SMILES string of the molecule is COCCC(=O)Nc1c[nH]c2ncc(Br)c(N3CCC[C@@H](N(N)C(=O)O)C3)c12. The zero-order chi connectivity index (χ0) is 20.3. The van der Waals surface area contributed by atoms with Gasteiger partial charge in [0.15, 0.2) is 0 Å². The summed E-state index contributed by atoms with van der Waals surface area (Å²) in [5.41, 5.74) is 2.09. The van der Waals surface area contributed by atoms with Gasteiger partial charge < -0.3 is 25.0 Å². The van der Waals surface area contributed by atoms with E-state index in [1.54, 1.807) is 19.5 Å². The third-order valence-electron chi connectivity index (χ3n) is 4.76. The molecule has 11 heteroatoms. The molecule has 3 rings (SSSR count). The highest BCUT2D eigenvalue weighted by atomic mass is 79.9. The summed E-state index contributed by atoms with van der Waals surface area (Å²) in [6, 6.07) is -0.319. The number of hydrogen-bond donors (Lipinski definition) is 4. The Kier molecular flexibility index (Phi) is 6.37. The van der Waals surface area contributed by atoms with E-state index in [0.717, 1.165) is 33.5 Å². The monoisotopic (exact) mass is 454 g/mol. The maximum atomic E-state index is 12.2. The molecule has 10 nitrogen and oxygen atoms in total. The van der Waals surface area contributed by atoms with E-state index in [4.69, 9.17) is 10.6 Å². The number of hydrogen-bond acceptors (Lipinski definition) is 6. The molecule has 3 heterocycles. The van der Waals surface area contributed by atoms with Crippen LogP contribution in [0.1, 0.15) is 19.3 Å². The lowest BCUT2D eigenvalue weighted by Gasteiger charge is -2.38. The number of anilines is 2. The Bertz CT molecular complexity index is 873. The van der Waals surface area contributed by atoms with Gasteiger partial charge in [-0.05, 0) is 28.8 Å². The number of nitrogens with zero attached hydrogens (tertiary/aromatic N) is 3. The first-order valence-electron chi connectivity index (χ1n) is 8.88. The summed E-state index contributed by atoms with van der Waals surface area (Å²) >= 11 is 3.55. The maximum Gasteiger partial charge on any atom is 0.421 e. The minimum Gasteiger partial charge on any atom is -0.464 e. The molecule has 0 aliphatic carbocycles. The number of hydrazine groups is 1. The molecule has 1 atom stereocenters. The second kappa shape index (κ2) is 8.76. The molecule has 0 aromatic carbocycles. The van der Waals surface area contributed by atoms with Crippen LogP contribution in [0.3, 0.4) is 0 Å². The Labute approximate surface area is 170 Å². The lowest BCUT2D eigenvalue weighted by Crippen LogP contribution is -2.53. The first-order valence-corrected chi connectivity index (χ1v) is 9.67. The molecule has 0 bridgehead atoms. The quantitative estimate of drug-likeness (QED) is 0.298. The van der Waals surface area contributed by atoms with Crippen LogP contribution in [-0.4, -0.2) is 64.9 Å². The number of nitrogens with two attached hydrogens (primary N) is 1. The van der Waals surface area contributed by atoms with Crippen LogP contribution in [0.5, 0.6) is 0 Å². The summed E-state index contributed by atoms with van der Waals surface area (Å²) in [5, 5.41) is 13.7. The second-order valence-corrected chi connectivity index (χ2v) is 7.46. The molecule has 1 fully saturated rings. The number of fused-ring (bicyclic) bond motifs is 1. The molecular weight excluding hydrogens is 432 g/mol. The molecule has 2 amide bonds. The van der Waals surface area contributed by atoms with Crippen molar-refractivity contribution in [3.63, 3.8) is 0 Å². The number of carboxylic acid groups (broad SMARTS) is 1. The largest absolute Gasteiger partial charge is 0.464 e. The van der Waals surface area contributed by atoms with Gasteiger partial charge in [-0.2, -0.15) is 0 Å². The molecule has 0 radical (unpaired) electrons. The van der Waals surface area contributed by atoms with Crippen LogP contribution < -0.4 is 16.1 Å². The molecule has 5 N–H and O–H groups in total. The highest BCUT2D eigenvalue weighted by Gasteiger charge is 2.29. The molecule has 1 saturated heterocycles. The molecule has 2 aromatic rings. The van der Waals surface area contributed by atoms with E-state index in [-0.39, 0.29) is 18.4 Å². The van der Waals surface area contributed by atoms with Crippen molar-refractivity contribution in [2.75, 3.05) is 37.0 Å². The number of pyridine rings is 1. The average molecular weight is 455 g/mol. The maximum absolute atomic E-state index is 12.2. The number of H-pyrrole nitrogens is 1. The van der Waals surface area contributed by atoms with Gasteiger partial charge in [-0.3, -0.25) is 4.79 Å². The van der Waals surface area contributed by atoms with Gasteiger partial charge in [0.1, 0.15) is 5.65 Å². The fourth-order valence-electron chi connectivity index (χ4n) is 3.41. The van der Waals surface area contributed by atoms with Gasteiger partial charge >= 0.3 is 6.09 Å². The summed E-state index contributed by atoms with van der Waals surface area (Å²) in [6.45, 7) is 1.52. The van der Waals surface area contributed by atoms with Gasteiger partial charge in [-0.15, -0.1) is 0 Å². The number of amides is 2. The summed E-state index contributed by atoms with van der Waals surface area (Å²) in [6.07, 6.45) is 3.96. The fraction of sp³-hybridized carbons (Fsp3) is 0.471. The number of piperidine rings is 1. The zero-order valence-electron chi connectivity index (χ0n) is 15.4. The Balaban J connectivity index is 1.93. The van der Waals surface area contributed by atoms with Gasteiger partial charge in [0, 0.05) is 32.6 Å². The first kappa shape index (κ1) is 20.4. The number of aromatic amines is 1. The van der Waals surface area contributed by atoms with Crippen LogP contribution in [0.15, 0.2) is 16.9 Å². The minimum atomic E-state index is -1.15. The predicted octanol–water partition coefficient (Wildman–Crippen LogP) is 2.12. The predicted molar refractivity (Wildman–Crippen MR) is 108 cm³/mol. The van der Waals surface area contributed by atoms with Crippen LogP contribution in [0, 0.1) is 0 Å². The molecular formula is C17H23BrN6O4. The number of ether oxygens (including phenoxy) is 1. The summed E-state index contributed by atoms with van der Waals surface area (Å²) in [7, 11) is 1.54.